The lowest BCUT2D eigenvalue weighted by Gasteiger charge is -2.22. The van der Waals surface area contributed by atoms with Crippen molar-refractivity contribution in [3.63, 3.8) is 0 Å². The number of anilines is 1. The maximum Gasteiger partial charge on any atom is 0.264 e. The molecule has 0 spiro atoms. The first-order chi connectivity index (χ1) is 10.5. The van der Waals surface area contributed by atoms with E-state index in [-0.39, 0.29) is 5.75 Å². The van der Waals surface area contributed by atoms with Crippen LogP contribution in [0.2, 0.25) is 0 Å². The van der Waals surface area contributed by atoms with Gasteiger partial charge in [-0.25, -0.2) is 0 Å². The van der Waals surface area contributed by atoms with Gasteiger partial charge in [-0.1, -0.05) is 0 Å². The van der Waals surface area contributed by atoms with E-state index in [1.54, 1.807) is 14.2 Å². The predicted octanol–water partition coefficient (Wildman–Crippen LogP) is 2.01. The summed E-state index contributed by atoms with van der Waals surface area (Å²) in [5.41, 5.74) is 0.937. The summed E-state index contributed by atoms with van der Waals surface area (Å²) < 4.78 is 45.3. The molecule has 0 saturated heterocycles. The Hall–Kier alpha value is -1.00. The second kappa shape index (κ2) is 9.90. The number of rotatable bonds is 11. The fourth-order valence-electron chi connectivity index (χ4n) is 1.62. The van der Waals surface area contributed by atoms with Crippen LogP contribution in [0.3, 0.4) is 0 Å². The molecule has 1 aromatic carbocycles. The Kier molecular flexibility index (Phi) is 8.57. The molecule has 0 saturated carbocycles. The van der Waals surface area contributed by atoms with Crippen LogP contribution in [0.1, 0.15) is 6.42 Å². The zero-order chi connectivity index (χ0) is 16.4. The van der Waals surface area contributed by atoms with Crippen LogP contribution >= 0.6 is 12.0 Å². The lowest BCUT2D eigenvalue weighted by Crippen LogP contribution is -2.27. The monoisotopic (exact) mass is 351 g/mol. The molecule has 0 aliphatic heterocycles. The van der Waals surface area contributed by atoms with Gasteiger partial charge < -0.3 is 18.6 Å². The van der Waals surface area contributed by atoms with Crippen LogP contribution < -0.4 is 9.08 Å². The van der Waals surface area contributed by atoms with Crippen LogP contribution in [0.5, 0.6) is 5.75 Å². The normalized spacial score (nSPS) is 11.4. The molecule has 22 heavy (non-hydrogen) atoms. The van der Waals surface area contributed by atoms with Gasteiger partial charge in [0.1, 0.15) is 19.2 Å². The second-order valence-electron chi connectivity index (χ2n) is 4.41. The number of benzene rings is 1. The minimum atomic E-state index is -3.89. The average molecular weight is 351 g/mol. The van der Waals surface area contributed by atoms with Crippen molar-refractivity contribution in [3.8, 4) is 5.75 Å². The minimum absolute atomic E-state index is 0.259. The smallest absolute Gasteiger partial charge is 0.264 e. The summed E-state index contributed by atoms with van der Waals surface area (Å²) >= 11 is 1.14. The van der Waals surface area contributed by atoms with Gasteiger partial charge in [0.15, 0.2) is 0 Å². The van der Waals surface area contributed by atoms with E-state index in [1.807, 2.05) is 29.2 Å². The number of nitrogens with zero attached hydrogens (tertiary/aromatic N) is 1. The molecule has 0 radical (unpaired) electrons. The van der Waals surface area contributed by atoms with Crippen molar-refractivity contribution in [2.75, 3.05) is 44.1 Å². The fourth-order valence-corrected chi connectivity index (χ4v) is 2.91. The third kappa shape index (κ3) is 7.85. The van der Waals surface area contributed by atoms with E-state index in [1.165, 1.54) is 0 Å². The van der Waals surface area contributed by atoms with Gasteiger partial charge in [0.25, 0.3) is 10.1 Å². The van der Waals surface area contributed by atoms with E-state index in [9.17, 15) is 8.42 Å². The Morgan fingerprint density at radius 3 is 2.23 bits per heavy atom. The first kappa shape index (κ1) is 19.0. The minimum Gasteiger partial charge on any atom is -0.426 e. The maximum atomic E-state index is 10.6. The third-order valence-electron chi connectivity index (χ3n) is 2.56. The van der Waals surface area contributed by atoms with Gasteiger partial charge in [-0.05, 0) is 30.7 Å². The van der Waals surface area contributed by atoms with Gasteiger partial charge >= 0.3 is 0 Å². The zero-order valence-electron chi connectivity index (χ0n) is 12.6. The van der Waals surface area contributed by atoms with Crippen LogP contribution in [0.15, 0.2) is 24.3 Å². The van der Waals surface area contributed by atoms with Gasteiger partial charge in [-0.15, -0.1) is 0 Å². The molecule has 0 heterocycles. The molecular formula is C13H21NO6S2. The summed E-state index contributed by atoms with van der Waals surface area (Å²) in [4.78, 5) is 1.91. The number of hydrogen-bond donors (Lipinski definition) is 1. The van der Waals surface area contributed by atoms with Crippen LogP contribution in [0.4, 0.5) is 5.69 Å². The van der Waals surface area contributed by atoms with Crippen molar-refractivity contribution >= 4 is 27.8 Å². The average Bonchev–Trinajstić information content (AvgIpc) is 2.46. The maximum absolute atomic E-state index is 10.6. The van der Waals surface area contributed by atoms with Crippen LogP contribution in [0, 0.1) is 0 Å². The second-order valence-corrected chi connectivity index (χ2v) is 6.80. The van der Waals surface area contributed by atoms with Gasteiger partial charge in [0.2, 0.25) is 0 Å². The predicted molar refractivity (Wildman–Crippen MR) is 86.8 cm³/mol. The van der Waals surface area contributed by atoms with Crippen LogP contribution in [0.25, 0.3) is 0 Å². The molecule has 0 atom stereocenters. The highest BCUT2D eigenvalue weighted by Gasteiger charge is 2.07. The molecule has 1 aromatic rings. The lowest BCUT2D eigenvalue weighted by atomic mass is 10.3. The van der Waals surface area contributed by atoms with Crippen molar-refractivity contribution in [2.45, 2.75) is 6.42 Å². The highest BCUT2D eigenvalue weighted by molar-refractivity contribution is 7.95. The van der Waals surface area contributed by atoms with Crippen molar-refractivity contribution in [1.29, 1.82) is 0 Å². The van der Waals surface area contributed by atoms with Gasteiger partial charge in [0.05, 0.1) is 17.8 Å². The zero-order valence-corrected chi connectivity index (χ0v) is 14.2. The van der Waals surface area contributed by atoms with E-state index in [2.05, 4.69) is 0 Å². The third-order valence-corrected chi connectivity index (χ3v) is 4.13. The topological polar surface area (TPSA) is 85.3 Å². The Morgan fingerprint density at radius 1 is 1.14 bits per heavy atom. The summed E-state index contributed by atoms with van der Waals surface area (Å²) in [5.74, 6) is 0.877. The molecule has 9 heteroatoms. The van der Waals surface area contributed by atoms with Gasteiger partial charge in [0, 0.05) is 25.7 Å². The van der Waals surface area contributed by atoms with Crippen molar-refractivity contribution in [1.82, 2.24) is 0 Å². The summed E-state index contributed by atoms with van der Waals surface area (Å²) in [7, 11) is -0.665. The van der Waals surface area contributed by atoms with Gasteiger partial charge in [-0.2, -0.15) is 8.42 Å². The summed E-state index contributed by atoms with van der Waals surface area (Å²) in [6.45, 7) is 0.830. The highest BCUT2D eigenvalue weighted by Crippen LogP contribution is 2.22. The molecule has 0 aliphatic carbocycles. The van der Waals surface area contributed by atoms with E-state index in [0.717, 1.165) is 17.7 Å². The molecule has 0 fully saturated rings. The van der Waals surface area contributed by atoms with Crippen molar-refractivity contribution in [2.24, 2.45) is 0 Å². The Morgan fingerprint density at radius 2 is 1.73 bits per heavy atom. The Bertz CT molecular complexity index is 514. The molecule has 0 aliphatic rings. The highest BCUT2D eigenvalue weighted by atomic mass is 32.2. The summed E-state index contributed by atoms with van der Waals surface area (Å²) in [6, 6.07) is 7.38. The molecule has 0 aromatic heterocycles. The number of ether oxygens (including phenoxy) is 2. The molecule has 0 bridgehead atoms. The Balaban J connectivity index is 2.40. The molecule has 0 unspecified atom stereocenters. The molecule has 7 nitrogen and oxygen atoms in total. The molecule has 126 valence electrons. The standard InChI is InChI=1S/C13H21NO6S2/c1-18-10-14(11-19-2)12-4-6-13(7-5-12)20-21-8-3-9-22(15,16)17/h4-7H,3,8-11H2,1-2H3,(H,15,16,17). The molecule has 1 rings (SSSR count). The van der Waals surface area contributed by atoms with Gasteiger partial charge in [-0.3, -0.25) is 4.55 Å². The van der Waals surface area contributed by atoms with E-state index in [4.69, 9.17) is 18.2 Å². The molecule has 1 N–H and O–H groups in total. The summed E-state index contributed by atoms with van der Waals surface area (Å²) in [5, 5.41) is 0. The number of hydrogen-bond acceptors (Lipinski definition) is 7. The fraction of sp³-hybridized carbons (Fsp3) is 0.538. The first-order valence-corrected chi connectivity index (χ1v) is 9.06. The SMILES string of the molecule is COCN(COC)c1ccc(OSCCCS(=O)(=O)O)cc1. The van der Waals surface area contributed by atoms with Crippen molar-refractivity contribution in [3.05, 3.63) is 24.3 Å². The van der Waals surface area contributed by atoms with Crippen molar-refractivity contribution < 1.29 is 26.6 Å². The summed E-state index contributed by atoms with van der Waals surface area (Å²) in [6.07, 6.45) is 0.330. The van der Waals surface area contributed by atoms with E-state index < -0.39 is 10.1 Å². The Labute approximate surface area is 135 Å². The quantitative estimate of drug-likeness (QED) is 0.280. The van der Waals surface area contributed by atoms with E-state index in [0.29, 0.717) is 31.4 Å². The first-order valence-electron chi connectivity index (χ1n) is 6.54. The van der Waals surface area contributed by atoms with Crippen LogP contribution in [-0.4, -0.2) is 52.2 Å². The molecular weight excluding hydrogens is 330 g/mol. The number of methoxy groups -OCH3 is 2. The molecule has 0 amide bonds. The largest absolute Gasteiger partial charge is 0.426 e. The van der Waals surface area contributed by atoms with Crippen LogP contribution in [-0.2, 0) is 19.6 Å². The lowest BCUT2D eigenvalue weighted by molar-refractivity contribution is 0.140. The van der Waals surface area contributed by atoms with E-state index >= 15 is 0 Å².